The monoisotopic (exact) mass is 330 g/mol. The number of aliphatic hydroxyl groups is 1. The van der Waals surface area contributed by atoms with Crippen molar-refractivity contribution in [2.24, 2.45) is 0 Å². The average Bonchev–Trinajstić information content (AvgIpc) is 2.78. The third-order valence-corrected chi connectivity index (χ3v) is 4.26. The van der Waals surface area contributed by atoms with Crippen molar-refractivity contribution in [2.75, 3.05) is 0 Å². The van der Waals surface area contributed by atoms with Crippen LogP contribution in [0.3, 0.4) is 0 Å². The number of hydrogen-bond acceptors (Lipinski definition) is 2. The van der Waals surface area contributed by atoms with Gasteiger partial charge >= 0.3 is 0 Å². The number of halogens is 3. The van der Waals surface area contributed by atoms with E-state index in [2.05, 4.69) is 5.10 Å². The number of aryl methyl sites for hydroxylation is 2. The van der Waals surface area contributed by atoms with Crippen molar-refractivity contribution in [1.82, 2.24) is 9.78 Å². The van der Waals surface area contributed by atoms with Crippen LogP contribution < -0.4 is 0 Å². The normalized spacial score (nSPS) is 12.7. The largest absolute Gasteiger partial charge is 0.388 e. The summed E-state index contributed by atoms with van der Waals surface area (Å²) in [6.45, 7) is 4.57. The van der Waals surface area contributed by atoms with Crippen molar-refractivity contribution in [3.63, 3.8) is 0 Å². The van der Waals surface area contributed by atoms with Crippen molar-refractivity contribution >= 4 is 23.2 Å². The molecule has 0 aliphatic heterocycles. The Balaban J connectivity index is 2.33. The first-order valence-corrected chi connectivity index (χ1v) is 7.61. The van der Waals surface area contributed by atoms with E-state index >= 15 is 0 Å². The standard InChI is InChI=1S/C15H17Cl2FN2O/c1-3-11-15(17)12(20(4-2)19-11)8-13(21)9-6-5-7-10(18)14(9)16/h5-7,13,21H,3-4,8H2,1-2H3. The summed E-state index contributed by atoms with van der Waals surface area (Å²) < 4.78 is 15.2. The van der Waals surface area contributed by atoms with Crippen LogP contribution >= 0.6 is 23.2 Å². The predicted octanol–water partition coefficient (Wildman–Crippen LogP) is 4.19. The van der Waals surface area contributed by atoms with Gasteiger partial charge in [0, 0.05) is 18.5 Å². The van der Waals surface area contributed by atoms with Crippen LogP contribution in [0.5, 0.6) is 0 Å². The van der Waals surface area contributed by atoms with Gasteiger partial charge in [-0.05, 0) is 19.4 Å². The first-order valence-electron chi connectivity index (χ1n) is 6.85. The van der Waals surface area contributed by atoms with Gasteiger partial charge in [0.2, 0.25) is 0 Å². The molecule has 1 aromatic carbocycles. The Morgan fingerprint density at radius 3 is 2.62 bits per heavy atom. The van der Waals surface area contributed by atoms with Crippen LogP contribution in [-0.2, 0) is 19.4 Å². The van der Waals surface area contributed by atoms with Gasteiger partial charge in [-0.3, -0.25) is 4.68 Å². The fraction of sp³-hybridized carbons (Fsp3) is 0.400. The summed E-state index contributed by atoms with van der Waals surface area (Å²) in [4.78, 5) is 0. The van der Waals surface area contributed by atoms with Crippen LogP contribution in [0, 0.1) is 5.82 Å². The lowest BCUT2D eigenvalue weighted by Crippen LogP contribution is -2.09. The minimum atomic E-state index is -0.933. The molecule has 1 N–H and O–H groups in total. The van der Waals surface area contributed by atoms with Crippen LogP contribution in [0.15, 0.2) is 18.2 Å². The zero-order chi connectivity index (χ0) is 15.6. The number of nitrogens with zero attached hydrogens (tertiary/aromatic N) is 2. The first-order chi connectivity index (χ1) is 9.99. The van der Waals surface area contributed by atoms with E-state index in [-0.39, 0.29) is 11.4 Å². The molecule has 1 aromatic heterocycles. The Hall–Kier alpha value is -1.10. The quantitative estimate of drug-likeness (QED) is 0.892. The number of hydrogen-bond donors (Lipinski definition) is 1. The number of benzene rings is 1. The van der Waals surface area contributed by atoms with E-state index in [0.717, 1.165) is 17.8 Å². The molecule has 0 fully saturated rings. The third kappa shape index (κ3) is 3.23. The van der Waals surface area contributed by atoms with E-state index in [1.807, 2.05) is 13.8 Å². The molecule has 0 amide bonds. The topological polar surface area (TPSA) is 38.0 Å². The van der Waals surface area contributed by atoms with Gasteiger partial charge in [0.1, 0.15) is 5.82 Å². The maximum Gasteiger partial charge on any atom is 0.142 e. The Kier molecular flexibility index (Phi) is 5.25. The van der Waals surface area contributed by atoms with Gasteiger partial charge in [0.15, 0.2) is 0 Å². The highest BCUT2D eigenvalue weighted by Gasteiger charge is 2.21. The van der Waals surface area contributed by atoms with E-state index in [4.69, 9.17) is 23.2 Å². The van der Waals surface area contributed by atoms with Gasteiger partial charge in [-0.2, -0.15) is 5.10 Å². The Bertz CT molecular complexity index is 643. The molecule has 0 saturated heterocycles. The molecule has 3 nitrogen and oxygen atoms in total. The van der Waals surface area contributed by atoms with Gasteiger partial charge < -0.3 is 5.11 Å². The molecular formula is C15H17Cl2FN2O. The van der Waals surface area contributed by atoms with E-state index in [0.29, 0.717) is 17.1 Å². The number of aliphatic hydroxyl groups excluding tert-OH is 1. The van der Waals surface area contributed by atoms with E-state index in [1.165, 1.54) is 12.1 Å². The highest BCUT2D eigenvalue weighted by Crippen LogP contribution is 2.31. The van der Waals surface area contributed by atoms with E-state index in [1.54, 1.807) is 10.7 Å². The zero-order valence-corrected chi connectivity index (χ0v) is 13.4. The van der Waals surface area contributed by atoms with Crippen molar-refractivity contribution in [1.29, 1.82) is 0 Å². The average molecular weight is 331 g/mol. The van der Waals surface area contributed by atoms with Crippen LogP contribution in [0.4, 0.5) is 4.39 Å². The Labute approximate surface area is 133 Å². The molecule has 2 rings (SSSR count). The lowest BCUT2D eigenvalue weighted by atomic mass is 10.0. The highest BCUT2D eigenvalue weighted by molar-refractivity contribution is 6.32. The molecule has 1 atom stereocenters. The van der Waals surface area contributed by atoms with Gasteiger partial charge in [0.05, 0.1) is 27.5 Å². The molecule has 21 heavy (non-hydrogen) atoms. The van der Waals surface area contributed by atoms with Gasteiger partial charge in [-0.1, -0.05) is 42.3 Å². The van der Waals surface area contributed by atoms with Crippen LogP contribution in [0.1, 0.15) is 36.9 Å². The molecule has 0 bridgehead atoms. The second kappa shape index (κ2) is 6.77. The summed E-state index contributed by atoms with van der Waals surface area (Å²) in [6.07, 6.45) is 0.0239. The second-order valence-electron chi connectivity index (χ2n) is 4.74. The molecule has 1 unspecified atom stereocenters. The van der Waals surface area contributed by atoms with Crippen molar-refractivity contribution in [2.45, 2.75) is 39.3 Å². The van der Waals surface area contributed by atoms with Gasteiger partial charge in [-0.25, -0.2) is 4.39 Å². The third-order valence-electron chi connectivity index (χ3n) is 3.42. The Morgan fingerprint density at radius 2 is 2.00 bits per heavy atom. The predicted molar refractivity (Wildman–Crippen MR) is 82.4 cm³/mol. The second-order valence-corrected chi connectivity index (χ2v) is 5.50. The SMILES string of the molecule is CCc1nn(CC)c(CC(O)c2cccc(F)c2Cl)c1Cl. The summed E-state index contributed by atoms with van der Waals surface area (Å²) in [6, 6.07) is 4.39. The van der Waals surface area contributed by atoms with Gasteiger partial charge in [0.25, 0.3) is 0 Å². The summed E-state index contributed by atoms with van der Waals surface area (Å²) in [7, 11) is 0. The molecule has 0 saturated carbocycles. The minimum Gasteiger partial charge on any atom is -0.388 e. The zero-order valence-electron chi connectivity index (χ0n) is 11.9. The first kappa shape index (κ1) is 16.3. The molecule has 6 heteroatoms. The highest BCUT2D eigenvalue weighted by atomic mass is 35.5. The number of rotatable bonds is 5. The summed E-state index contributed by atoms with van der Waals surface area (Å²) in [5, 5.41) is 15.3. The molecule has 0 aliphatic rings. The molecule has 1 heterocycles. The fourth-order valence-corrected chi connectivity index (χ4v) is 2.88. The smallest absolute Gasteiger partial charge is 0.142 e. The lowest BCUT2D eigenvalue weighted by molar-refractivity contribution is 0.175. The maximum absolute atomic E-state index is 13.5. The van der Waals surface area contributed by atoms with E-state index < -0.39 is 11.9 Å². The van der Waals surface area contributed by atoms with Crippen molar-refractivity contribution in [3.8, 4) is 0 Å². The van der Waals surface area contributed by atoms with Crippen molar-refractivity contribution < 1.29 is 9.50 Å². The summed E-state index contributed by atoms with van der Waals surface area (Å²) >= 11 is 12.2. The van der Waals surface area contributed by atoms with Gasteiger partial charge in [-0.15, -0.1) is 0 Å². The lowest BCUT2D eigenvalue weighted by Gasteiger charge is -2.14. The van der Waals surface area contributed by atoms with Crippen LogP contribution in [0.25, 0.3) is 0 Å². The molecule has 114 valence electrons. The van der Waals surface area contributed by atoms with Crippen LogP contribution in [0.2, 0.25) is 10.0 Å². The number of aromatic nitrogens is 2. The molecule has 2 aromatic rings. The molecule has 0 aliphatic carbocycles. The molecule has 0 spiro atoms. The Morgan fingerprint density at radius 1 is 1.29 bits per heavy atom. The fourth-order valence-electron chi connectivity index (χ4n) is 2.28. The molecular weight excluding hydrogens is 314 g/mol. The summed E-state index contributed by atoms with van der Waals surface area (Å²) in [5.41, 5.74) is 1.89. The minimum absolute atomic E-state index is 0.0561. The van der Waals surface area contributed by atoms with E-state index in [9.17, 15) is 9.50 Å². The molecule has 0 radical (unpaired) electrons. The van der Waals surface area contributed by atoms with Crippen LogP contribution in [-0.4, -0.2) is 14.9 Å². The van der Waals surface area contributed by atoms with Crippen molar-refractivity contribution in [3.05, 3.63) is 51.0 Å². The summed E-state index contributed by atoms with van der Waals surface area (Å²) in [5.74, 6) is -0.544. The maximum atomic E-state index is 13.5.